The molecule has 0 radical (unpaired) electrons. The second-order valence-electron chi connectivity index (χ2n) is 5.58. The molecule has 0 aliphatic carbocycles. The van der Waals surface area contributed by atoms with E-state index in [2.05, 4.69) is 29.6 Å². The Morgan fingerprint density at radius 3 is 2.43 bits per heavy atom. The second kappa shape index (κ2) is 8.19. The number of hydrogen-bond donors (Lipinski definition) is 1. The van der Waals surface area contributed by atoms with Crippen LogP contribution in [-0.4, -0.2) is 32.4 Å². The fourth-order valence-electron chi connectivity index (χ4n) is 2.42. The molecular formula is C16H25LiN2OS. The molecule has 3 nitrogen and oxygen atoms in total. The van der Waals surface area contributed by atoms with Gasteiger partial charge in [0.05, 0.1) is 21.3 Å². The predicted octanol–water partition coefficient (Wildman–Crippen LogP) is 3.73. The summed E-state index contributed by atoms with van der Waals surface area (Å²) in [7, 11) is 1.94. The van der Waals surface area contributed by atoms with Crippen LogP contribution < -0.4 is 0 Å². The van der Waals surface area contributed by atoms with Gasteiger partial charge in [-0.25, -0.2) is 4.98 Å². The van der Waals surface area contributed by atoms with E-state index in [-0.39, 0.29) is 0 Å². The number of hydrogen-bond acceptors (Lipinski definition) is 3. The van der Waals surface area contributed by atoms with Crippen LogP contribution in [0.25, 0.3) is 0 Å². The Morgan fingerprint density at radius 1 is 1.43 bits per heavy atom. The zero-order chi connectivity index (χ0) is 16.0. The van der Waals surface area contributed by atoms with Gasteiger partial charge in [0.2, 0.25) is 0 Å². The van der Waals surface area contributed by atoms with Crippen molar-refractivity contribution in [1.82, 2.24) is 9.55 Å². The molecule has 2 aromatic heterocycles. The topological polar surface area (TPSA) is 38.1 Å². The number of aliphatic hydroxyl groups is 1. The Bertz CT molecular complexity index is 558. The van der Waals surface area contributed by atoms with Gasteiger partial charge in [-0.15, -0.1) is 11.3 Å². The number of nitrogens with zero attached hydrogens (tertiary/aromatic N) is 2. The summed E-state index contributed by atoms with van der Waals surface area (Å²) < 4.78 is 1.94. The Kier molecular flexibility index (Phi) is 7.22. The van der Waals surface area contributed by atoms with Gasteiger partial charge in [-0.3, -0.25) is 0 Å². The minimum absolute atomic E-state index is 0.888. The van der Waals surface area contributed by atoms with E-state index < -0.39 is 5.60 Å². The molecule has 0 spiro atoms. The Labute approximate surface area is 141 Å². The summed E-state index contributed by atoms with van der Waals surface area (Å²) in [5.74, 6) is 0. The number of rotatable bonds is 4. The van der Waals surface area contributed by atoms with Gasteiger partial charge in [0.1, 0.15) is 5.60 Å². The summed E-state index contributed by atoms with van der Waals surface area (Å²) in [5, 5.41) is 13.0. The van der Waals surface area contributed by atoms with Crippen molar-refractivity contribution in [3.05, 3.63) is 39.6 Å². The van der Waals surface area contributed by atoms with Crippen molar-refractivity contribution in [2.45, 2.75) is 51.2 Å². The number of aromatic nitrogens is 2. The molecule has 21 heavy (non-hydrogen) atoms. The Hall–Kier alpha value is -0.533. The Morgan fingerprint density at radius 2 is 2.10 bits per heavy atom. The van der Waals surface area contributed by atoms with Crippen LogP contribution in [-0.2, 0) is 12.6 Å². The quantitative estimate of drug-likeness (QED) is 0.874. The van der Waals surface area contributed by atoms with Crippen molar-refractivity contribution < 1.29 is 5.11 Å². The number of thiazole rings is 1. The number of unbranched alkanes of at least 4 members (excludes halogenated alkanes) is 1. The van der Waals surface area contributed by atoms with E-state index in [9.17, 15) is 5.11 Å². The first-order chi connectivity index (χ1) is 9.84. The second-order valence-corrected chi connectivity index (χ2v) is 6.78. The zero-order valence-corrected chi connectivity index (χ0v) is 14.9. The molecule has 0 saturated heterocycles. The van der Waals surface area contributed by atoms with Gasteiger partial charge >= 0.3 is 42.6 Å². The molecule has 112 valence electrons. The van der Waals surface area contributed by atoms with Crippen LogP contribution in [0.3, 0.4) is 0 Å². The predicted molar refractivity (Wildman–Crippen MR) is 91.1 cm³/mol. The van der Waals surface area contributed by atoms with E-state index in [0.717, 1.165) is 21.3 Å². The van der Waals surface area contributed by atoms with Gasteiger partial charge in [-0.1, -0.05) is 0 Å². The monoisotopic (exact) mass is 300 g/mol. The van der Waals surface area contributed by atoms with E-state index in [1.54, 1.807) is 11.3 Å². The van der Waals surface area contributed by atoms with Crippen LogP contribution in [0, 0.1) is 13.8 Å². The molecule has 0 saturated carbocycles. The molecule has 2 heterocycles. The molecule has 5 heteroatoms. The van der Waals surface area contributed by atoms with Crippen LogP contribution in [0.5, 0.6) is 0 Å². The molecule has 2 rings (SSSR count). The van der Waals surface area contributed by atoms with E-state index in [1.807, 2.05) is 50.7 Å². The third-order valence-electron chi connectivity index (χ3n) is 3.50. The molecule has 0 aliphatic rings. The van der Waals surface area contributed by atoms with E-state index >= 15 is 0 Å². The average molecular weight is 300 g/mol. The standard InChI is InChI=1S/C12H16N2OS.C4H9.Li/c1-8-11(16-9(2)13-8)12(3,15)10-6-5-7-14(10)4;1-3-4-2;/h5-7,15H,1-4H3;1,3-4H2,2H3;. The van der Waals surface area contributed by atoms with Crippen LogP contribution >= 0.6 is 11.3 Å². The summed E-state index contributed by atoms with van der Waals surface area (Å²) >= 11 is 3.77. The van der Waals surface area contributed by atoms with Gasteiger partial charge < -0.3 is 9.67 Å². The fourth-order valence-corrected chi connectivity index (χ4v) is 3.39. The summed E-state index contributed by atoms with van der Waals surface area (Å²) in [6.07, 6.45) is 4.67. The summed E-state index contributed by atoms with van der Waals surface area (Å²) in [5.41, 5.74) is 0.835. The van der Waals surface area contributed by atoms with Crippen molar-refractivity contribution in [3.63, 3.8) is 0 Å². The summed E-state index contributed by atoms with van der Waals surface area (Å²) in [6.45, 7) is 7.93. The first-order valence-corrected chi connectivity index (χ1v) is 8.44. The molecule has 1 N–H and O–H groups in total. The molecule has 1 atom stereocenters. The minimum atomic E-state index is -0.964. The van der Waals surface area contributed by atoms with Crippen LogP contribution in [0.4, 0.5) is 0 Å². The van der Waals surface area contributed by atoms with Crippen molar-refractivity contribution >= 4 is 29.1 Å². The molecule has 0 aromatic carbocycles. The van der Waals surface area contributed by atoms with Crippen molar-refractivity contribution in [3.8, 4) is 0 Å². The van der Waals surface area contributed by atoms with Crippen molar-refractivity contribution in [2.24, 2.45) is 7.05 Å². The van der Waals surface area contributed by atoms with Crippen LogP contribution in [0.1, 0.15) is 48.0 Å². The van der Waals surface area contributed by atoms with Gasteiger partial charge in [-0.2, -0.15) is 0 Å². The molecule has 1 unspecified atom stereocenters. The SMILES string of the molecule is Cc1nc(C)c(C(C)(O)c2cccn2C)s1.[Li][CH2]CCC. The van der Waals surface area contributed by atoms with Crippen LogP contribution in [0.2, 0.25) is 5.09 Å². The summed E-state index contributed by atoms with van der Waals surface area (Å²) in [6, 6.07) is 3.88. The molecule has 0 aliphatic heterocycles. The van der Waals surface area contributed by atoms with Gasteiger partial charge in [0.15, 0.2) is 0 Å². The third kappa shape index (κ3) is 4.72. The van der Waals surface area contributed by atoms with E-state index in [4.69, 9.17) is 0 Å². The van der Waals surface area contributed by atoms with E-state index in [1.165, 1.54) is 17.9 Å². The van der Waals surface area contributed by atoms with E-state index in [0.29, 0.717) is 0 Å². The average Bonchev–Trinajstić information content (AvgIpc) is 2.97. The van der Waals surface area contributed by atoms with Gasteiger partial charge in [-0.05, 0) is 32.9 Å². The first-order valence-electron chi connectivity index (χ1n) is 7.63. The molecular weight excluding hydrogens is 275 g/mol. The van der Waals surface area contributed by atoms with Crippen LogP contribution in [0.15, 0.2) is 18.3 Å². The molecule has 0 amide bonds. The number of aryl methyl sites for hydroxylation is 3. The van der Waals surface area contributed by atoms with Gasteiger partial charge in [0, 0.05) is 13.2 Å². The molecule has 2 aromatic rings. The molecule has 0 fully saturated rings. The van der Waals surface area contributed by atoms with Crippen molar-refractivity contribution in [2.75, 3.05) is 0 Å². The first kappa shape index (κ1) is 18.5. The fraction of sp³-hybridized carbons (Fsp3) is 0.562. The summed E-state index contributed by atoms with van der Waals surface area (Å²) in [4.78, 5) is 5.29. The maximum atomic E-state index is 10.7. The van der Waals surface area contributed by atoms with Crippen molar-refractivity contribution in [1.29, 1.82) is 0 Å². The Balaban J connectivity index is 0.000000383. The third-order valence-corrected chi connectivity index (χ3v) is 4.78. The normalized spacial score (nSPS) is 13.5. The van der Waals surface area contributed by atoms with Gasteiger partial charge in [0.25, 0.3) is 0 Å². The molecule has 0 bridgehead atoms. The maximum absolute atomic E-state index is 10.7. The zero-order valence-electron chi connectivity index (χ0n) is 14.1.